The molecule has 1 amide bonds. The minimum Gasteiger partial charge on any atom is -0.333 e. The maximum Gasteiger partial charge on any atom is 0.329 e. The summed E-state index contributed by atoms with van der Waals surface area (Å²) in [7, 11) is 3.91. The number of aryl methyl sites for hydroxylation is 1. The molecule has 1 aromatic carbocycles. The fourth-order valence-electron chi connectivity index (χ4n) is 3.28. The lowest BCUT2D eigenvalue weighted by molar-refractivity contribution is 0.0731. The number of H-pyrrole nitrogens is 1. The van der Waals surface area contributed by atoms with Crippen LogP contribution >= 0.6 is 0 Å². The van der Waals surface area contributed by atoms with E-state index < -0.39 is 11.2 Å². The zero-order valence-electron chi connectivity index (χ0n) is 17.6. The molecule has 2 heterocycles. The number of hydrogen-bond donors (Lipinski definition) is 1. The number of carbonyl (C=O) groups is 1. The fourth-order valence-corrected chi connectivity index (χ4v) is 3.28. The Labute approximate surface area is 174 Å². The van der Waals surface area contributed by atoms with Gasteiger partial charge in [0.2, 0.25) is 0 Å². The van der Waals surface area contributed by atoms with Crippen molar-refractivity contribution in [1.29, 1.82) is 0 Å². The van der Waals surface area contributed by atoms with E-state index in [1.165, 1.54) is 16.8 Å². The molecule has 3 aromatic rings. The lowest BCUT2D eigenvalue weighted by Crippen LogP contribution is -2.36. The number of pyridine rings is 1. The minimum absolute atomic E-state index is 0.206. The van der Waals surface area contributed by atoms with E-state index in [1.807, 2.05) is 56.3 Å². The number of fused-ring (bicyclic) bond motifs is 1. The lowest BCUT2D eigenvalue weighted by Gasteiger charge is -2.24. The van der Waals surface area contributed by atoms with Crippen molar-refractivity contribution in [2.24, 2.45) is 0 Å². The Morgan fingerprint density at radius 2 is 1.87 bits per heavy atom. The smallest absolute Gasteiger partial charge is 0.329 e. The summed E-state index contributed by atoms with van der Waals surface area (Å²) in [5.41, 5.74) is 0.618. The molecular formula is C22H27N5O3. The Bertz CT molecular complexity index is 1130. The molecule has 0 bridgehead atoms. The average molecular weight is 409 g/mol. The number of aromatic nitrogens is 3. The molecular weight excluding hydrogens is 382 g/mol. The van der Waals surface area contributed by atoms with Crippen LogP contribution in [-0.4, -0.2) is 57.4 Å². The van der Waals surface area contributed by atoms with Crippen LogP contribution in [0.1, 0.15) is 29.3 Å². The standard InChI is InChI=1S/C22H27N5O3/c1-4-10-27-19-18(20(28)24-22(27)30)13-17(14-23-19)21(29)26(12-11-25(2)3)15-16-8-6-5-7-9-16/h5-9,13-14H,4,10-12,15H2,1-3H3,(H,24,28,30). The second kappa shape index (κ2) is 9.49. The van der Waals surface area contributed by atoms with E-state index in [0.717, 1.165) is 12.0 Å². The predicted molar refractivity (Wildman–Crippen MR) is 117 cm³/mol. The number of rotatable bonds is 8. The molecule has 2 aromatic heterocycles. The molecule has 30 heavy (non-hydrogen) atoms. The van der Waals surface area contributed by atoms with E-state index in [0.29, 0.717) is 37.4 Å². The van der Waals surface area contributed by atoms with Crippen molar-refractivity contribution < 1.29 is 4.79 Å². The maximum atomic E-state index is 13.3. The molecule has 0 saturated carbocycles. The summed E-state index contributed by atoms with van der Waals surface area (Å²) in [4.78, 5) is 48.1. The van der Waals surface area contributed by atoms with Crippen LogP contribution in [0.3, 0.4) is 0 Å². The first-order valence-electron chi connectivity index (χ1n) is 10.0. The monoisotopic (exact) mass is 409 g/mol. The van der Waals surface area contributed by atoms with Gasteiger partial charge in [-0.25, -0.2) is 9.78 Å². The highest BCUT2D eigenvalue weighted by atomic mass is 16.2. The Morgan fingerprint density at radius 1 is 1.13 bits per heavy atom. The van der Waals surface area contributed by atoms with Gasteiger partial charge >= 0.3 is 5.69 Å². The summed E-state index contributed by atoms with van der Waals surface area (Å²) in [6.07, 6.45) is 2.17. The fraction of sp³-hybridized carbons (Fsp3) is 0.364. The summed E-state index contributed by atoms with van der Waals surface area (Å²) < 4.78 is 1.43. The van der Waals surface area contributed by atoms with Crippen LogP contribution in [0.2, 0.25) is 0 Å². The normalized spacial score (nSPS) is 11.2. The van der Waals surface area contributed by atoms with Crippen molar-refractivity contribution in [2.45, 2.75) is 26.4 Å². The van der Waals surface area contributed by atoms with E-state index in [1.54, 1.807) is 4.90 Å². The van der Waals surface area contributed by atoms with Crippen molar-refractivity contribution in [2.75, 3.05) is 27.2 Å². The van der Waals surface area contributed by atoms with Gasteiger partial charge in [-0.2, -0.15) is 0 Å². The van der Waals surface area contributed by atoms with Gasteiger partial charge in [-0.3, -0.25) is 19.1 Å². The molecule has 0 aliphatic heterocycles. The number of likely N-dealkylation sites (N-methyl/N-ethyl adjacent to an activating group) is 1. The number of amides is 1. The van der Waals surface area contributed by atoms with Crippen LogP contribution in [0.5, 0.6) is 0 Å². The Balaban J connectivity index is 1.99. The molecule has 158 valence electrons. The zero-order valence-corrected chi connectivity index (χ0v) is 17.6. The first-order chi connectivity index (χ1) is 14.4. The highest BCUT2D eigenvalue weighted by molar-refractivity contribution is 5.96. The maximum absolute atomic E-state index is 13.3. The van der Waals surface area contributed by atoms with Crippen molar-refractivity contribution >= 4 is 16.9 Å². The minimum atomic E-state index is -0.535. The van der Waals surface area contributed by atoms with Gasteiger partial charge in [0, 0.05) is 32.4 Å². The molecule has 8 heteroatoms. The van der Waals surface area contributed by atoms with E-state index in [9.17, 15) is 14.4 Å². The summed E-state index contributed by atoms with van der Waals surface area (Å²) in [6.45, 7) is 4.07. The van der Waals surface area contributed by atoms with Crippen molar-refractivity contribution in [3.05, 3.63) is 74.6 Å². The van der Waals surface area contributed by atoms with Gasteiger partial charge in [-0.05, 0) is 32.1 Å². The summed E-state index contributed by atoms with van der Waals surface area (Å²) in [5, 5.41) is 0.237. The molecule has 0 saturated heterocycles. The average Bonchev–Trinajstić information content (AvgIpc) is 2.74. The van der Waals surface area contributed by atoms with Gasteiger partial charge in [0.25, 0.3) is 11.5 Å². The predicted octanol–water partition coefficient (Wildman–Crippen LogP) is 1.70. The number of nitrogens with zero attached hydrogens (tertiary/aromatic N) is 4. The van der Waals surface area contributed by atoms with Gasteiger partial charge in [-0.15, -0.1) is 0 Å². The molecule has 0 spiro atoms. The molecule has 0 aliphatic carbocycles. The third kappa shape index (κ3) is 4.83. The van der Waals surface area contributed by atoms with Crippen molar-refractivity contribution in [1.82, 2.24) is 24.3 Å². The van der Waals surface area contributed by atoms with E-state index >= 15 is 0 Å². The van der Waals surface area contributed by atoms with Crippen LogP contribution < -0.4 is 11.2 Å². The quantitative estimate of drug-likeness (QED) is 0.611. The molecule has 0 unspecified atom stereocenters. The van der Waals surface area contributed by atoms with Gasteiger partial charge in [-0.1, -0.05) is 37.3 Å². The SMILES string of the molecule is CCCn1c(=O)[nH]c(=O)c2cc(C(=O)N(CCN(C)C)Cc3ccccc3)cnc21. The highest BCUT2D eigenvalue weighted by Gasteiger charge is 2.19. The van der Waals surface area contributed by atoms with Gasteiger partial charge in [0.05, 0.1) is 10.9 Å². The third-order valence-corrected chi connectivity index (χ3v) is 4.85. The lowest BCUT2D eigenvalue weighted by atomic mass is 10.1. The van der Waals surface area contributed by atoms with E-state index in [4.69, 9.17) is 0 Å². The molecule has 0 aliphatic rings. The molecule has 1 N–H and O–H groups in total. The zero-order chi connectivity index (χ0) is 21.7. The number of aromatic amines is 1. The Kier molecular flexibility index (Phi) is 6.79. The number of hydrogen-bond acceptors (Lipinski definition) is 5. The van der Waals surface area contributed by atoms with E-state index in [-0.39, 0.29) is 11.3 Å². The summed E-state index contributed by atoms with van der Waals surface area (Å²) in [6, 6.07) is 11.3. The van der Waals surface area contributed by atoms with Gasteiger partial charge in [0.15, 0.2) is 0 Å². The largest absolute Gasteiger partial charge is 0.333 e. The second-order valence-corrected chi connectivity index (χ2v) is 7.52. The third-order valence-electron chi connectivity index (χ3n) is 4.85. The van der Waals surface area contributed by atoms with E-state index in [2.05, 4.69) is 9.97 Å². The first kappa shape index (κ1) is 21.4. The Hall–Kier alpha value is -3.26. The number of benzene rings is 1. The second-order valence-electron chi connectivity index (χ2n) is 7.52. The van der Waals surface area contributed by atoms with Crippen LogP contribution in [-0.2, 0) is 13.1 Å². The Morgan fingerprint density at radius 3 is 2.53 bits per heavy atom. The molecule has 0 fully saturated rings. The topological polar surface area (TPSA) is 91.3 Å². The van der Waals surface area contributed by atoms with Crippen LogP contribution in [0.15, 0.2) is 52.2 Å². The first-order valence-corrected chi connectivity index (χ1v) is 10.0. The van der Waals surface area contributed by atoms with Crippen LogP contribution in [0.25, 0.3) is 11.0 Å². The number of carbonyl (C=O) groups excluding carboxylic acids is 1. The number of nitrogens with one attached hydrogen (secondary N) is 1. The van der Waals surface area contributed by atoms with Crippen LogP contribution in [0.4, 0.5) is 0 Å². The van der Waals surface area contributed by atoms with Crippen LogP contribution in [0, 0.1) is 0 Å². The highest BCUT2D eigenvalue weighted by Crippen LogP contribution is 2.13. The molecule has 8 nitrogen and oxygen atoms in total. The van der Waals surface area contributed by atoms with Crippen molar-refractivity contribution in [3.8, 4) is 0 Å². The van der Waals surface area contributed by atoms with Gasteiger partial charge in [0.1, 0.15) is 5.65 Å². The summed E-state index contributed by atoms with van der Waals surface area (Å²) in [5.74, 6) is -0.206. The molecule has 0 radical (unpaired) electrons. The summed E-state index contributed by atoms with van der Waals surface area (Å²) >= 11 is 0. The van der Waals surface area contributed by atoms with Crippen molar-refractivity contribution in [3.63, 3.8) is 0 Å². The molecule has 3 rings (SSSR count). The molecule has 0 atom stereocenters. The van der Waals surface area contributed by atoms with Gasteiger partial charge < -0.3 is 9.80 Å².